The fourth-order valence-electron chi connectivity index (χ4n) is 1.47. The normalized spacial score (nSPS) is 11.5. The van der Waals surface area contributed by atoms with Gasteiger partial charge in [-0.3, -0.25) is 9.62 Å². The van der Waals surface area contributed by atoms with Gasteiger partial charge in [-0.2, -0.15) is 0 Å². The third-order valence-electron chi connectivity index (χ3n) is 2.73. The van der Waals surface area contributed by atoms with Crippen LogP contribution in [0.3, 0.4) is 0 Å². The van der Waals surface area contributed by atoms with Gasteiger partial charge in [-0.25, -0.2) is 4.98 Å². The van der Waals surface area contributed by atoms with E-state index >= 15 is 0 Å². The second-order valence-corrected chi connectivity index (χ2v) is 6.35. The summed E-state index contributed by atoms with van der Waals surface area (Å²) in [5, 5.41) is 17.0. The molecule has 0 aliphatic heterocycles. The van der Waals surface area contributed by atoms with Crippen LogP contribution < -0.4 is 11.1 Å². The average molecular weight is 347 g/mol. The van der Waals surface area contributed by atoms with Gasteiger partial charge in [0.15, 0.2) is 0 Å². The maximum absolute atomic E-state index is 11.9. The summed E-state index contributed by atoms with van der Waals surface area (Å²) in [6, 6.07) is 3.41. The predicted octanol–water partition coefficient (Wildman–Crippen LogP) is 2.98. The van der Waals surface area contributed by atoms with E-state index in [1.54, 1.807) is 44.5 Å². The van der Waals surface area contributed by atoms with E-state index in [1.165, 1.54) is 6.21 Å². The maximum atomic E-state index is 11.9. The van der Waals surface area contributed by atoms with Crippen LogP contribution in [0.2, 0.25) is 0 Å². The number of pyridine rings is 1. The first-order valence-corrected chi connectivity index (χ1v) is 8.57. The zero-order valence-corrected chi connectivity index (χ0v) is 15.0. The first kappa shape index (κ1) is 21.5. The molecular weight excluding hydrogens is 322 g/mol. The molecule has 0 aliphatic rings. The van der Waals surface area contributed by atoms with Crippen molar-refractivity contribution in [2.45, 2.75) is 20.3 Å². The van der Waals surface area contributed by atoms with E-state index in [1.807, 2.05) is 0 Å². The minimum Gasteiger partial charge on any atom is -0.383 e. The lowest BCUT2D eigenvalue weighted by molar-refractivity contribution is 0.686. The summed E-state index contributed by atoms with van der Waals surface area (Å²) in [4.78, 5) is 4.62. The Labute approximate surface area is 146 Å². The maximum Gasteiger partial charge on any atom is 0.132 e. The van der Waals surface area contributed by atoms with Gasteiger partial charge in [0.05, 0.1) is 22.2 Å². The number of allylic oxidation sites excluding steroid dienone is 3. The quantitative estimate of drug-likeness (QED) is 0.427. The topological polar surface area (TPSA) is 116 Å². The third-order valence-corrected chi connectivity index (χ3v) is 4.17. The minimum absolute atomic E-state index is 0.154. The molecule has 6 nitrogen and oxygen atoms in total. The number of hydrogen-bond acceptors (Lipinski definition) is 6. The van der Waals surface area contributed by atoms with Crippen molar-refractivity contribution in [1.82, 2.24) is 10.3 Å². The lowest BCUT2D eigenvalue weighted by atomic mass is 10.1. The number of hydrogen-bond donors (Lipinski definition) is 4. The van der Waals surface area contributed by atoms with Crippen LogP contribution in [-0.2, 0) is 10.8 Å². The van der Waals surface area contributed by atoms with Crippen molar-refractivity contribution >= 4 is 28.5 Å². The van der Waals surface area contributed by atoms with Gasteiger partial charge in [0, 0.05) is 28.6 Å². The van der Waals surface area contributed by atoms with Crippen LogP contribution in [0.4, 0.5) is 5.82 Å². The van der Waals surface area contributed by atoms with Crippen LogP contribution in [0.1, 0.15) is 25.8 Å². The summed E-state index contributed by atoms with van der Waals surface area (Å²) in [5.41, 5.74) is 6.76. The number of aromatic nitrogens is 1. The van der Waals surface area contributed by atoms with Gasteiger partial charge in [-0.15, -0.1) is 6.58 Å². The Morgan fingerprint density at radius 1 is 1.54 bits per heavy atom. The van der Waals surface area contributed by atoms with Gasteiger partial charge in [0.25, 0.3) is 0 Å². The number of nitrogens with zero attached hydrogens (tertiary/aromatic N) is 1. The smallest absolute Gasteiger partial charge is 0.132 e. The zero-order valence-electron chi connectivity index (χ0n) is 14.1. The molecule has 1 aromatic heterocycles. The van der Waals surface area contributed by atoms with Crippen molar-refractivity contribution < 1.29 is 4.21 Å². The fourth-order valence-corrected chi connectivity index (χ4v) is 2.36. The molecule has 1 heterocycles. The molecule has 24 heavy (non-hydrogen) atoms. The van der Waals surface area contributed by atoms with E-state index in [0.717, 1.165) is 0 Å². The molecule has 0 fully saturated rings. The predicted molar refractivity (Wildman–Crippen MR) is 104 cm³/mol. The molecule has 0 aromatic carbocycles. The second-order valence-electron chi connectivity index (χ2n) is 4.60. The van der Waals surface area contributed by atoms with Gasteiger partial charge in [0.1, 0.15) is 5.82 Å². The van der Waals surface area contributed by atoms with Crippen LogP contribution in [0, 0.1) is 10.8 Å². The fraction of sp³-hybridized carbons (Fsp3) is 0.235. The Bertz CT molecular complexity index is 652. The van der Waals surface area contributed by atoms with Gasteiger partial charge in [0.2, 0.25) is 0 Å². The van der Waals surface area contributed by atoms with Crippen LogP contribution in [0.25, 0.3) is 0 Å². The summed E-state index contributed by atoms with van der Waals surface area (Å²) in [6.45, 7) is 10.8. The van der Waals surface area contributed by atoms with Crippen LogP contribution in [0.5, 0.6) is 0 Å². The van der Waals surface area contributed by atoms with E-state index in [-0.39, 0.29) is 11.5 Å². The van der Waals surface area contributed by atoms with Crippen LogP contribution >= 0.6 is 0 Å². The number of nitrogens with two attached hydrogens (primary N) is 1. The van der Waals surface area contributed by atoms with Crippen molar-refractivity contribution in [2.75, 3.05) is 11.5 Å². The number of anilines is 1. The Kier molecular flexibility index (Phi) is 10.7. The minimum atomic E-state index is -1.06. The average Bonchev–Trinajstić information content (AvgIpc) is 2.57. The molecule has 0 amide bonds. The van der Waals surface area contributed by atoms with Crippen LogP contribution in [-0.4, -0.2) is 26.9 Å². The van der Waals surface area contributed by atoms with E-state index in [9.17, 15) is 4.21 Å². The number of rotatable bonds is 8. The molecule has 0 radical (unpaired) electrons. The Hall–Kier alpha value is -2.54. The molecule has 1 atom stereocenters. The zero-order chi connectivity index (χ0) is 18.5. The number of nitrogen functional groups attached to an aromatic ring is 1. The standard InChI is InChI=1S/C15H20N4OS.C2H5N/c1-4-5-9-21(20)11(2)10-19-12(3)14(16)13-7-6-8-18-15(13)17;1-2-3/h4,6-8,10,16,19H,1,3,5,9H2,2H3,(H2,17,18);2-3H,1H3/b11-10+,16-14?;. The molecule has 0 saturated carbocycles. The highest BCUT2D eigenvalue weighted by atomic mass is 32.2. The summed E-state index contributed by atoms with van der Waals surface area (Å²) in [7, 11) is -1.06. The third kappa shape index (κ3) is 7.64. The molecule has 0 aliphatic carbocycles. The molecule has 1 aromatic rings. The van der Waals surface area contributed by atoms with Gasteiger partial charge in [-0.05, 0) is 38.6 Å². The molecule has 0 saturated heterocycles. The molecule has 1 unspecified atom stereocenters. The first-order chi connectivity index (χ1) is 11.4. The number of nitrogens with one attached hydrogen (secondary N) is 3. The Morgan fingerprint density at radius 3 is 2.71 bits per heavy atom. The molecule has 0 bridgehead atoms. The second kappa shape index (κ2) is 12.0. The summed E-state index contributed by atoms with van der Waals surface area (Å²) >= 11 is 0. The van der Waals surface area contributed by atoms with E-state index < -0.39 is 10.8 Å². The highest BCUT2D eigenvalue weighted by Gasteiger charge is 2.09. The van der Waals surface area contributed by atoms with Gasteiger partial charge in [-0.1, -0.05) is 12.7 Å². The van der Waals surface area contributed by atoms with E-state index in [2.05, 4.69) is 23.5 Å². The summed E-state index contributed by atoms with van der Waals surface area (Å²) in [6.07, 6.45) is 6.84. The molecule has 7 heteroatoms. The molecule has 130 valence electrons. The molecule has 1 rings (SSSR count). The SMILES string of the molecule is C=CCCS(=O)/C(C)=C/NC(=C)C(=N)c1cccnc1N.CC=N. The highest BCUT2D eigenvalue weighted by molar-refractivity contribution is 7.88. The van der Waals surface area contributed by atoms with Crippen molar-refractivity contribution in [3.05, 3.63) is 59.9 Å². The highest BCUT2D eigenvalue weighted by Crippen LogP contribution is 2.11. The largest absolute Gasteiger partial charge is 0.383 e. The van der Waals surface area contributed by atoms with E-state index in [0.29, 0.717) is 28.3 Å². The Morgan fingerprint density at radius 2 is 2.17 bits per heavy atom. The lowest BCUT2D eigenvalue weighted by Gasteiger charge is -2.10. The Balaban J connectivity index is 0.00000163. The molecule has 0 spiro atoms. The van der Waals surface area contributed by atoms with Crippen LogP contribution in [0.15, 0.2) is 54.4 Å². The first-order valence-electron chi connectivity index (χ1n) is 7.25. The summed E-state index contributed by atoms with van der Waals surface area (Å²) < 4.78 is 11.9. The van der Waals surface area contributed by atoms with Crippen molar-refractivity contribution in [2.24, 2.45) is 0 Å². The lowest BCUT2D eigenvalue weighted by Crippen LogP contribution is -2.17. The van der Waals surface area contributed by atoms with Gasteiger partial charge >= 0.3 is 0 Å². The monoisotopic (exact) mass is 347 g/mol. The van der Waals surface area contributed by atoms with Crippen molar-refractivity contribution in [3.63, 3.8) is 0 Å². The summed E-state index contributed by atoms with van der Waals surface area (Å²) in [5.74, 6) is 0.813. The molecule has 5 N–H and O–H groups in total. The van der Waals surface area contributed by atoms with E-state index in [4.69, 9.17) is 16.6 Å². The van der Waals surface area contributed by atoms with Crippen molar-refractivity contribution in [1.29, 1.82) is 10.8 Å². The van der Waals surface area contributed by atoms with Crippen molar-refractivity contribution in [3.8, 4) is 0 Å². The molecular formula is C17H25N5OS. The van der Waals surface area contributed by atoms with Gasteiger partial charge < -0.3 is 16.5 Å².